The summed E-state index contributed by atoms with van der Waals surface area (Å²) in [5.74, 6) is -4.61. The van der Waals surface area contributed by atoms with E-state index in [-0.39, 0.29) is 12.1 Å². The lowest BCUT2D eigenvalue weighted by Gasteiger charge is -2.02. The molecule has 0 aliphatic heterocycles. The first-order chi connectivity index (χ1) is 6.88. The van der Waals surface area contributed by atoms with Crippen molar-refractivity contribution in [3.63, 3.8) is 0 Å². The zero-order valence-electron chi connectivity index (χ0n) is 6.87. The van der Waals surface area contributed by atoms with E-state index >= 15 is 0 Å². The van der Waals surface area contributed by atoms with Gasteiger partial charge in [-0.1, -0.05) is 0 Å². The van der Waals surface area contributed by atoms with Gasteiger partial charge >= 0.3 is 16.4 Å². The fraction of sp³-hybridized carbons (Fsp3) is 0. The summed E-state index contributed by atoms with van der Waals surface area (Å²) in [6, 6.07) is 0.327. The topological polar surface area (TPSA) is 67.2 Å². The molecule has 0 spiro atoms. The van der Waals surface area contributed by atoms with Gasteiger partial charge < -0.3 is 0 Å². The van der Waals surface area contributed by atoms with Crippen LogP contribution in [0.25, 0.3) is 0 Å². The van der Waals surface area contributed by atoms with Gasteiger partial charge in [0.15, 0.2) is 16.5 Å². The molecule has 0 atom stereocenters. The average Bonchev–Trinajstić information content (AvgIpc) is 1.99. The Labute approximate surface area is 82.6 Å². The fourth-order valence-electron chi connectivity index (χ4n) is 0.859. The molecule has 0 amide bonds. The van der Waals surface area contributed by atoms with Gasteiger partial charge in [0, 0.05) is 12.1 Å². The molecule has 1 rings (SSSR count). The predicted octanol–water partition coefficient (Wildman–Crippen LogP) is 1.29. The second-order valence-electron chi connectivity index (χ2n) is 2.33. The Balaban J connectivity index is 3.47. The van der Waals surface area contributed by atoms with Crippen LogP contribution in [-0.2, 0) is 14.3 Å². The first-order valence-electron chi connectivity index (χ1n) is 3.35. The summed E-state index contributed by atoms with van der Waals surface area (Å²) >= 11 is 0. The van der Waals surface area contributed by atoms with Gasteiger partial charge in [0.25, 0.3) is 0 Å². The van der Waals surface area contributed by atoms with Gasteiger partial charge in [0.1, 0.15) is 5.82 Å². The van der Waals surface area contributed by atoms with Gasteiger partial charge in [-0.15, -0.1) is 5.26 Å². The molecule has 1 aromatic rings. The third kappa shape index (κ3) is 2.19. The van der Waals surface area contributed by atoms with Crippen LogP contribution in [-0.4, -0.2) is 8.42 Å². The SMILES string of the molecule is N#COS(=O)(=O)c1c(F)cc(F)cc1F. The van der Waals surface area contributed by atoms with Crippen molar-refractivity contribution >= 4 is 10.1 Å². The van der Waals surface area contributed by atoms with Crippen molar-refractivity contribution in [2.75, 3.05) is 0 Å². The Kier molecular flexibility index (Phi) is 2.85. The number of hydrogen-bond donors (Lipinski definition) is 0. The van der Waals surface area contributed by atoms with Crippen LogP contribution in [0.1, 0.15) is 0 Å². The Morgan fingerprint density at radius 2 is 1.67 bits per heavy atom. The van der Waals surface area contributed by atoms with Crippen LogP contribution in [0, 0.1) is 29.0 Å². The van der Waals surface area contributed by atoms with Crippen molar-refractivity contribution in [3.05, 3.63) is 29.6 Å². The molecule has 0 aromatic heterocycles. The minimum absolute atomic E-state index is 0.163. The van der Waals surface area contributed by atoms with Crippen LogP contribution < -0.4 is 0 Å². The summed E-state index contributed by atoms with van der Waals surface area (Å²) in [7, 11) is -4.87. The van der Waals surface area contributed by atoms with E-state index in [0.717, 1.165) is 6.26 Å². The molecule has 4 nitrogen and oxygen atoms in total. The highest BCUT2D eigenvalue weighted by Crippen LogP contribution is 2.21. The van der Waals surface area contributed by atoms with Crippen LogP contribution in [0.4, 0.5) is 13.2 Å². The molecule has 0 saturated heterocycles. The zero-order chi connectivity index (χ0) is 11.6. The minimum Gasteiger partial charge on any atom is -0.299 e. The van der Waals surface area contributed by atoms with E-state index in [4.69, 9.17) is 5.26 Å². The highest BCUT2D eigenvalue weighted by molar-refractivity contribution is 7.86. The Morgan fingerprint density at radius 3 is 2.07 bits per heavy atom. The Bertz CT molecular complexity index is 512. The maximum atomic E-state index is 12.9. The van der Waals surface area contributed by atoms with Crippen molar-refractivity contribution in [1.82, 2.24) is 0 Å². The smallest absolute Gasteiger partial charge is 0.299 e. The Morgan fingerprint density at radius 1 is 1.20 bits per heavy atom. The van der Waals surface area contributed by atoms with Gasteiger partial charge in [-0.05, 0) is 0 Å². The standard InChI is InChI=1S/C7H2F3NO3S/c8-4-1-5(9)7(6(10)2-4)15(12,13)14-3-11/h1-2H. The van der Waals surface area contributed by atoms with Crippen molar-refractivity contribution in [2.24, 2.45) is 0 Å². The summed E-state index contributed by atoms with van der Waals surface area (Å²) in [6.45, 7) is 0. The van der Waals surface area contributed by atoms with Gasteiger partial charge in [-0.25, -0.2) is 13.2 Å². The summed E-state index contributed by atoms with van der Waals surface area (Å²) in [5.41, 5.74) is 0. The second-order valence-corrected chi connectivity index (χ2v) is 3.81. The molecule has 0 N–H and O–H groups in total. The van der Waals surface area contributed by atoms with Crippen molar-refractivity contribution in [1.29, 1.82) is 5.26 Å². The van der Waals surface area contributed by atoms with Crippen LogP contribution in [0.5, 0.6) is 0 Å². The second kappa shape index (κ2) is 3.78. The lowest BCUT2D eigenvalue weighted by atomic mass is 10.3. The maximum absolute atomic E-state index is 12.9. The van der Waals surface area contributed by atoms with Crippen LogP contribution in [0.15, 0.2) is 17.0 Å². The number of nitrogens with zero attached hydrogens (tertiary/aromatic N) is 1. The molecule has 80 valence electrons. The number of benzene rings is 1. The molecular weight excluding hydrogens is 235 g/mol. The fourth-order valence-corrected chi connectivity index (χ4v) is 1.64. The molecule has 15 heavy (non-hydrogen) atoms. The average molecular weight is 237 g/mol. The van der Waals surface area contributed by atoms with E-state index in [1.165, 1.54) is 0 Å². The lowest BCUT2D eigenvalue weighted by Crippen LogP contribution is -2.08. The molecule has 0 aliphatic rings. The van der Waals surface area contributed by atoms with Crippen molar-refractivity contribution in [3.8, 4) is 6.26 Å². The molecule has 0 saturated carbocycles. The minimum atomic E-state index is -4.87. The normalized spacial score (nSPS) is 10.8. The molecule has 0 aliphatic carbocycles. The van der Waals surface area contributed by atoms with E-state index < -0.39 is 32.5 Å². The first kappa shape index (κ1) is 11.3. The molecule has 0 heterocycles. The van der Waals surface area contributed by atoms with Gasteiger partial charge in [-0.3, -0.25) is 4.18 Å². The summed E-state index contributed by atoms with van der Waals surface area (Å²) < 4.78 is 63.5. The highest BCUT2D eigenvalue weighted by Gasteiger charge is 2.26. The summed E-state index contributed by atoms with van der Waals surface area (Å²) in [4.78, 5) is -1.49. The molecular formula is C7H2F3NO3S. The third-order valence-electron chi connectivity index (χ3n) is 1.36. The maximum Gasteiger partial charge on any atom is 0.354 e. The van der Waals surface area contributed by atoms with E-state index in [0.29, 0.717) is 0 Å². The highest BCUT2D eigenvalue weighted by atomic mass is 32.2. The van der Waals surface area contributed by atoms with Gasteiger partial charge in [-0.2, -0.15) is 8.42 Å². The number of rotatable bonds is 2. The van der Waals surface area contributed by atoms with Crippen LogP contribution in [0.3, 0.4) is 0 Å². The molecule has 8 heteroatoms. The molecule has 1 aromatic carbocycles. The number of nitriles is 1. The molecule has 0 radical (unpaired) electrons. The number of halogens is 3. The lowest BCUT2D eigenvalue weighted by molar-refractivity contribution is 0.435. The van der Waals surface area contributed by atoms with Crippen molar-refractivity contribution < 1.29 is 25.8 Å². The largest absolute Gasteiger partial charge is 0.354 e. The first-order valence-corrected chi connectivity index (χ1v) is 4.76. The van der Waals surface area contributed by atoms with E-state index in [1.807, 2.05) is 0 Å². The third-order valence-corrected chi connectivity index (χ3v) is 2.54. The zero-order valence-corrected chi connectivity index (χ0v) is 7.69. The monoisotopic (exact) mass is 237 g/mol. The summed E-state index contributed by atoms with van der Waals surface area (Å²) in [5, 5.41) is 7.93. The Hall–Kier alpha value is -1.75. The predicted molar refractivity (Wildman–Crippen MR) is 40.2 cm³/mol. The molecule has 0 fully saturated rings. The number of hydrogen-bond acceptors (Lipinski definition) is 4. The van der Waals surface area contributed by atoms with E-state index in [9.17, 15) is 21.6 Å². The quantitative estimate of drug-likeness (QED) is 0.574. The van der Waals surface area contributed by atoms with Gasteiger partial charge in [0.05, 0.1) is 0 Å². The van der Waals surface area contributed by atoms with Crippen LogP contribution >= 0.6 is 0 Å². The van der Waals surface area contributed by atoms with E-state index in [1.54, 1.807) is 0 Å². The summed E-state index contributed by atoms with van der Waals surface area (Å²) in [6.07, 6.45) is 0.760. The van der Waals surface area contributed by atoms with Crippen LogP contribution in [0.2, 0.25) is 0 Å². The molecule has 0 unspecified atom stereocenters. The molecule has 0 bridgehead atoms. The van der Waals surface area contributed by atoms with E-state index in [2.05, 4.69) is 4.18 Å². The van der Waals surface area contributed by atoms with Crippen molar-refractivity contribution in [2.45, 2.75) is 4.90 Å². The van der Waals surface area contributed by atoms with Gasteiger partial charge in [0.2, 0.25) is 0 Å².